The number of hydrogen-bond donors (Lipinski definition) is 3. The first-order valence-electron chi connectivity index (χ1n) is 9.11. The molecule has 0 atom stereocenters. The van der Waals surface area contributed by atoms with E-state index < -0.39 is 0 Å². The number of anilines is 1. The van der Waals surface area contributed by atoms with Gasteiger partial charge in [-0.25, -0.2) is 9.61 Å². The van der Waals surface area contributed by atoms with E-state index in [0.717, 1.165) is 55.2 Å². The van der Waals surface area contributed by atoms with Crippen LogP contribution >= 0.6 is 0 Å². The van der Waals surface area contributed by atoms with Crippen molar-refractivity contribution in [3.63, 3.8) is 0 Å². The Morgan fingerprint density at radius 3 is 2.88 bits per heavy atom. The van der Waals surface area contributed by atoms with Gasteiger partial charge in [0.1, 0.15) is 5.52 Å². The van der Waals surface area contributed by atoms with E-state index in [1.54, 1.807) is 6.20 Å². The number of aromatic nitrogens is 5. The van der Waals surface area contributed by atoms with Gasteiger partial charge in [-0.15, -0.1) is 0 Å². The van der Waals surface area contributed by atoms with Crippen molar-refractivity contribution in [2.75, 3.05) is 25.4 Å². The normalized spacial score (nSPS) is 15.7. The van der Waals surface area contributed by atoms with Gasteiger partial charge in [0, 0.05) is 24.8 Å². The molecule has 1 fully saturated rings. The molecule has 0 saturated carbocycles. The Kier molecular flexibility index (Phi) is 4.81. The zero-order valence-corrected chi connectivity index (χ0v) is 14.9. The van der Waals surface area contributed by atoms with Gasteiger partial charge in [0.15, 0.2) is 17.3 Å². The Morgan fingerprint density at radius 1 is 1.31 bits per heavy atom. The first-order valence-corrected chi connectivity index (χ1v) is 9.11. The zero-order valence-electron chi connectivity index (χ0n) is 14.9. The first-order chi connectivity index (χ1) is 12.8. The van der Waals surface area contributed by atoms with Gasteiger partial charge < -0.3 is 20.9 Å². The lowest BCUT2D eigenvalue weighted by molar-refractivity contribution is 0.310. The van der Waals surface area contributed by atoms with E-state index in [1.807, 2.05) is 6.20 Å². The average Bonchev–Trinajstić information content (AvgIpc) is 3.25. The standard InChI is InChI=1S/C17H24N8O/c1-2-25-15-12(8-20-7-11-3-5-19-6-4-11)9-21-10-13(15)22-17(25)14-16(18)24-26-23-14/h9-11,19-20H,2-8H2,1H3,(H2,18,24). The second-order valence-corrected chi connectivity index (χ2v) is 6.67. The molecule has 1 aliphatic rings. The third-order valence-electron chi connectivity index (χ3n) is 4.98. The molecule has 26 heavy (non-hydrogen) atoms. The van der Waals surface area contributed by atoms with Crippen LogP contribution in [0.1, 0.15) is 25.3 Å². The van der Waals surface area contributed by atoms with E-state index in [2.05, 4.69) is 42.4 Å². The molecule has 138 valence electrons. The van der Waals surface area contributed by atoms with Crippen molar-refractivity contribution in [2.24, 2.45) is 5.92 Å². The molecule has 3 aromatic heterocycles. The number of fused-ring (bicyclic) bond motifs is 1. The van der Waals surface area contributed by atoms with Crippen LogP contribution in [0, 0.1) is 5.92 Å². The van der Waals surface area contributed by atoms with Crippen molar-refractivity contribution in [3.05, 3.63) is 18.0 Å². The third-order valence-corrected chi connectivity index (χ3v) is 4.98. The molecule has 3 aromatic rings. The molecule has 0 radical (unpaired) electrons. The van der Waals surface area contributed by atoms with Crippen LogP contribution in [0.4, 0.5) is 5.82 Å². The highest BCUT2D eigenvalue weighted by Gasteiger charge is 2.20. The summed E-state index contributed by atoms with van der Waals surface area (Å²) in [5.41, 5.74) is 9.33. The van der Waals surface area contributed by atoms with Gasteiger partial charge in [-0.2, -0.15) is 0 Å². The molecule has 9 heteroatoms. The second kappa shape index (κ2) is 7.38. The van der Waals surface area contributed by atoms with Crippen molar-refractivity contribution in [1.82, 2.24) is 35.5 Å². The van der Waals surface area contributed by atoms with Crippen molar-refractivity contribution in [1.29, 1.82) is 0 Å². The van der Waals surface area contributed by atoms with Crippen LogP contribution in [0.2, 0.25) is 0 Å². The summed E-state index contributed by atoms with van der Waals surface area (Å²) in [6.07, 6.45) is 6.13. The van der Waals surface area contributed by atoms with Crippen molar-refractivity contribution >= 4 is 16.9 Å². The van der Waals surface area contributed by atoms with Gasteiger partial charge in [0.25, 0.3) is 0 Å². The summed E-state index contributed by atoms with van der Waals surface area (Å²) in [7, 11) is 0. The summed E-state index contributed by atoms with van der Waals surface area (Å²) in [4.78, 5) is 9.02. The van der Waals surface area contributed by atoms with Crippen LogP contribution in [0.15, 0.2) is 17.0 Å². The van der Waals surface area contributed by atoms with E-state index in [1.165, 1.54) is 12.8 Å². The summed E-state index contributed by atoms with van der Waals surface area (Å²) in [6.45, 7) is 6.81. The fourth-order valence-corrected chi connectivity index (χ4v) is 3.62. The largest absolute Gasteiger partial charge is 0.379 e. The fraction of sp³-hybridized carbons (Fsp3) is 0.529. The second-order valence-electron chi connectivity index (χ2n) is 6.67. The van der Waals surface area contributed by atoms with Crippen LogP contribution < -0.4 is 16.4 Å². The molecule has 0 spiro atoms. The van der Waals surface area contributed by atoms with Crippen molar-refractivity contribution in [2.45, 2.75) is 32.9 Å². The van der Waals surface area contributed by atoms with Crippen LogP contribution in [-0.4, -0.2) is 44.5 Å². The Morgan fingerprint density at radius 2 is 2.15 bits per heavy atom. The number of nitrogen functional groups attached to an aromatic ring is 1. The lowest BCUT2D eigenvalue weighted by atomic mass is 9.98. The number of nitrogens with zero attached hydrogens (tertiary/aromatic N) is 5. The predicted molar refractivity (Wildman–Crippen MR) is 98.2 cm³/mol. The van der Waals surface area contributed by atoms with Crippen LogP contribution in [0.3, 0.4) is 0 Å². The number of nitrogens with two attached hydrogens (primary N) is 1. The van der Waals surface area contributed by atoms with E-state index >= 15 is 0 Å². The number of hydrogen-bond acceptors (Lipinski definition) is 8. The quantitative estimate of drug-likeness (QED) is 0.602. The minimum atomic E-state index is 0.244. The maximum absolute atomic E-state index is 5.87. The maximum atomic E-state index is 5.87. The van der Waals surface area contributed by atoms with Gasteiger partial charge in [-0.05, 0) is 55.6 Å². The lowest BCUT2D eigenvalue weighted by Crippen LogP contribution is -2.33. The first kappa shape index (κ1) is 16.9. The smallest absolute Gasteiger partial charge is 0.199 e. The van der Waals surface area contributed by atoms with Gasteiger partial charge in [0.05, 0.1) is 11.7 Å². The maximum Gasteiger partial charge on any atom is 0.199 e. The summed E-state index contributed by atoms with van der Waals surface area (Å²) in [6, 6.07) is 0. The summed E-state index contributed by atoms with van der Waals surface area (Å²) in [5.74, 6) is 1.64. The summed E-state index contributed by atoms with van der Waals surface area (Å²) < 4.78 is 6.84. The minimum Gasteiger partial charge on any atom is -0.379 e. The number of pyridine rings is 1. The molecule has 1 saturated heterocycles. The fourth-order valence-electron chi connectivity index (χ4n) is 3.62. The number of nitrogens with one attached hydrogen (secondary N) is 2. The molecule has 1 aliphatic heterocycles. The van der Waals surface area contributed by atoms with Crippen molar-refractivity contribution < 1.29 is 4.63 Å². The van der Waals surface area contributed by atoms with Gasteiger partial charge in [-0.3, -0.25) is 4.98 Å². The zero-order chi connectivity index (χ0) is 17.9. The molecular formula is C17H24N8O. The molecule has 4 rings (SSSR count). The minimum absolute atomic E-state index is 0.244. The van der Waals surface area contributed by atoms with E-state index in [0.29, 0.717) is 11.5 Å². The topological polar surface area (TPSA) is 120 Å². The van der Waals surface area contributed by atoms with E-state index in [9.17, 15) is 0 Å². The molecule has 4 heterocycles. The summed E-state index contributed by atoms with van der Waals surface area (Å²) >= 11 is 0. The molecule has 0 unspecified atom stereocenters. The van der Waals surface area contributed by atoms with E-state index in [-0.39, 0.29) is 5.82 Å². The highest BCUT2D eigenvalue weighted by Crippen LogP contribution is 2.28. The Balaban J connectivity index is 1.61. The number of piperidine rings is 1. The number of imidazole rings is 1. The Labute approximate surface area is 151 Å². The highest BCUT2D eigenvalue weighted by molar-refractivity contribution is 5.83. The molecule has 0 aromatic carbocycles. The molecular weight excluding hydrogens is 332 g/mol. The molecule has 4 N–H and O–H groups in total. The van der Waals surface area contributed by atoms with Gasteiger partial charge in [0.2, 0.25) is 0 Å². The Hall–Kier alpha value is -2.52. The number of rotatable bonds is 6. The lowest BCUT2D eigenvalue weighted by Gasteiger charge is -2.22. The summed E-state index contributed by atoms with van der Waals surface area (Å²) in [5, 5.41) is 14.6. The molecule has 0 amide bonds. The van der Waals surface area contributed by atoms with Crippen LogP contribution in [0.5, 0.6) is 0 Å². The average molecular weight is 356 g/mol. The predicted octanol–water partition coefficient (Wildman–Crippen LogP) is 1.17. The molecule has 0 bridgehead atoms. The molecule has 0 aliphatic carbocycles. The van der Waals surface area contributed by atoms with Crippen LogP contribution in [0.25, 0.3) is 22.6 Å². The highest BCUT2D eigenvalue weighted by atomic mass is 16.6. The van der Waals surface area contributed by atoms with Crippen molar-refractivity contribution in [3.8, 4) is 11.5 Å². The van der Waals surface area contributed by atoms with Gasteiger partial charge >= 0.3 is 0 Å². The Bertz CT molecular complexity index is 880. The molecule has 9 nitrogen and oxygen atoms in total. The number of aryl methyl sites for hydroxylation is 1. The van der Waals surface area contributed by atoms with Crippen LogP contribution in [-0.2, 0) is 13.1 Å². The van der Waals surface area contributed by atoms with Gasteiger partial charge in [-0.1, -0.05) is 0 Å². The third kappa shape index (κ3) is 3.15. The monoisotopic (exact) mass is 356 g/mol. The van der Waals surface area contributed by atoms with E-state index in [4.69, 9.17) is 10.4 Å². The SMILES string of the molecule is CCn1c(-c2nonc2N)nc2cncc(CNCC3CCNCC3)c21.